The molecule has 21 heavy (non-hydrogen) atoms. The minimum absolute atomic E-state index is 0.0698. The van der Waals surface area contributed by atoms with Gasteiger partial charge >= 0.3 is 0 Å². The Bertz CT molecular complexity index is 763. The lowest BCUT2D eigenvalue weighted by Crippen LogP contribution is -2.25. The molecule has 1 amide bonds. The van der Waals surface area contributed by atoms with Crippen LogP contribution in [0.25, 0.3) is 11.0 Å². The van der Waals surface area contributed by atoms with E-state index >= 15 is 0 Å². The van der Waals surface area contributed by atoms with Gasteiger partial charge < -0.3 is 9.73 Å². The first-order chi connectivity index (χ1) is 10.2. The summed E-state index contributed by atoms with van der Waals surface area (Å²) < 4.78 is 5.50. The van der Waals surface area contributed by atoms with E-state index in [2.05, 4.69) is 10.3 Å². The van der Waals surface area contributed by atoms with Crippen LogP contribution in [0.5, 0.6) is 0 Å². The summed E-state index contributed by atoms with van der Waals surface area (Å²) in [7, 11) is 0. The van der Waals surface area contributed by atoms with Gasteiger partial charge in [0.25, 0.3) is 5.91 Å². The molecule has 3 rings (SSSR count). The number of nitrogens with one attached hydrogen (secondary N) is 1. The van der Waals surface area contributed by atoms with Crippen LogP contribution in [0.4, 0.5) is 0 Å². The van der Waals surface area contributed by atoms with Crippen LogP contribution < -0.4 is 5.32 Å². The van der Waals surface area contributed by atoms with Gasteiger partial charge in [0.2, 0.25) is 0 Å². The Kier molecular flexibility index (Phi) is 3.69. The Morgan fingerprint density at radius 3 is 3.00 bits per heavy atom. The van der Waals surface area contributed by atoms with E-state index in [-0.39, 0.29) is 5.91 Å². The second kappa shape index (κ2) is 5.79. The van der Waals surface area contributed by atoms with Crippen molar-refractivity contribution in [1.82, 2.24) is 10.3 Å². The standard InChI is InChI=1S/C17H16N2O2/c1-12-9-15-10-14(4-5-16(15)21-12)17(20)19-8-6-13-3-2-7-18-11-13/h2-5,7,9-11H,6,8H2,1H3,(H,19,20). The maximum Gasteiger partial charge on any atom is 0.251 e. The second-order valence-corrected chi connectivity index (χ2v) is 4.98. The van der Waals surface area contributed by atoms with E-state index in [0.29, 0.717) is 12.1 Å². The molecule has 0 bridgehead atoms. The molecule has 4 heteroatoms. The Labute approximate surface area is 122 Å². The maximum atomic E-state index is 12.1. The van der Waals surface area contributed by atoms with Gasteiger partial charge in [0.05, 0.1) is 0 Å². The lowest BCUT2D eigenvalue weighted by atomic mass is 10.1. The first kappa shape index (κ1) is 13.4. The Morgan fingerprint density at radius 2 is 2.19 bits per heavy atom. The highest BCUT2D eigenvalue weighted by molar-refractivity contribution is 5.97. The van der Waals surface area contributed by atoms with Crippen molar-refractivity contribution >= 4 is 16.9 Å². The minimum atomic E-state index is -0.0698. The molecule has 0 aliphatic heterocycles. The monoisotopic (exact) mass is 280 g/mol. The van der Waals surface area contributed by atoms with E-state index in [0.717, 1.165) is 28.7 Å². The van der Waals surface area contributed by atoms with E-state index in [1.54, 1.807) is 12.3 Å². The number of fused-ring (bicyclic) bond motifs is 1. The van der Waals surface area contributed by atoms with Gasteiger partial charge in [0.15, 0.2) is 0 Å². The zero-order valence-electron chi connectivity index (χ0n) is 11.8. The van der Waals surface area contributed by atoms with Gasteiger partial charge in [-0.1, -0.05) is 6.07 Å². The average Bonchev–Trinajstić information content (AvgIpc) is 2.87. The quantitative estimate of drug-likeness (QED) is 0.799. The fourth-order valence-corrected chi connectivity index (χ4v) is 2.29. The largest absolute Gasteiger partial charge is 0.461 e. The smallest absolute Gasteiger partial charge is 0.251 e. The van der Waals surface area contributed by atoms with Crippen molar-refractivity contribution in [2.24, 2.45) is 0 Å². The fraction of sp³-hybridized carbons (Fsp3) is 0.176. The van der Waals surface area contributed by atoms with Crippen molar-refractivity contribution in [3.05, 3.63) is 65.7 Å². The van der Waals surface area contributed by atoms with E-state index in [9.17, 15) is 4.79 Å². The molecule has 0 aliphatic carbocycles. The van der Waals surface area contributed by atoms with Crippen LogP contribution in [0.3, 0.4) is 0 Å². The lowest BCUT2D eigenvalue weighted by molar-refractivity contribution is 0.0954. The topological polar surface area (TPSA) is 55.1 Å². The number of amides is 1. The number of aryl methyl sites for hydroxylation is 1. The number of hydrogen-bond acceptors (Lipinski definition) is 3. The highest BCUT2D eigenvalue weighted by Crippen LogP contribution is 2.20. The van der Waals surface area contributed by atoms with E-state index in [1.165, 1.54) is 0 Å². The van der Waals surface area contributed by atoms with Crippen LogP contribution in [0.15, 0.2) is 53.2 Å². The van der Waals surface area contributed by atoms with Crippen molar-refractivity contribution in [1.29, 1.82) is 0 Å². The molecule has 106 valence electrons. The van der Waals surface area contributed by atoms with Crippen LogP contribution in [0.2, 0.25) is 0 Å². The number of pyridine rings is 1. The minimum Gasteiger partial charge on any atom is -0.461 e. The number of carbonyl (C=O) groups is 1. The molecule has 0 atom stereocenters. The molecule has 2 aromatic heterocycles. The molecular weight excluding hydrogens is 264 g/mol. The number of nitrogens with zero attached hydrogens (tertiary/aromatic N) is 1. The molecule has 3 aromatic rings. The summed E-state index contributed by atoms with van der Waals surface area (Å²) in [6, 6.07) is 11.3. The van der Waals surface area contributed by atoms with Gasteiger partial charge in [0.1, 0.15) is 11.3 Å². The van der Waals surface area contributed by atoms with Crippen LogP contribution in [0, 0.1) is 6.92 Å². The summed E-state index contributed by atoms with van der Waals surface area (Å²) in [5.41, 5.74) is 2.56. The predicted molar refractivity (Wildman–Crippen MR) is 81.2 cm³/mol. The Morgan fingerprint density at radius 1 is 1.29 bits per heavy atom. The first-order valence-electron chi connectivity index (χ1n) is 6.90. The molecule has 1 N–H and O–H groups in total. The predicted octanol–water partition coefficient (Wildman–Crippen LogP) is 3.11. The molecule has 0 radical (unpaired) electrons. The van der Waals surface area contributed by atoms with Crippen LogP contribution in [0.1, 0.15) is 21.7 Å². The molecule has 4 nitrogen and oxygen atoms in total. The molecule has 0 unspecified atom stereocenters. The average molecular weight is 280 g/mol. The maximum absolute atomic E-state index is 12.1. The third-order valence-corrected chi connectivity index (χ3v) is 3.32. The Balaban J connectivity index is 1.63. The zero-order valence-corrected chi connectivity index (χ0v) is 11.8. The molecule has 0 aliphatic rings. The van der Waals surface area contributed by atoms with Crippen molar-refractivity contribution in [2.45, 2.75) is 13.3 Å². The highest BCUT2D eigenvalue weighted by atomic mass is 16.3. The third-order valence-electron chi connectivity index (χ3n) is 3.32. The molecule has 1 aromatic carbocycles. The summed E-state index contributed by atoms with van der Waals surface area (Å²) in [4.78, 5) is 16.2. The molecular formula is C17H16N2O2. The van der Waals surface area contributed by atoms with Crippen molar-refractivity contribution in [3.8, 4) is 0 Å². The van der Waals surface area contributed by atoms with Gasteiger partial charge in [-0.3, -0.25) is 9.78 Å². The van der Waals surface area contributed by atoms with E-state index < -0.39 is 0 Å². The summed E-state index contributed by atoms with van der Waals surface area (Å²) in [5.74, 6) is 0.777. The van der Waals surface area contributed by atoms with Crippen molar-refractivity contribution in [3.63, 3.8) is 0 Å². The number of aromatic nitrogens is 1. The van der Waals surface area contributed by atoms with Gasteiger partial charge in [0, 0.05) is 29.9 Å². The molecule has 0 fully saturated rings. The number of benzene rings is 1. The van der Waals surface area contributed by atoms with Crippen molar-refractivity contribution in [2.75, 3.05) is 6.54 Å². The molecule has 0 saturated heterocycles. The number of furan rings is 1. The number of carbonyl (C=O) groups excluding carboxylic acids is 1. The van der Waals surface area contributed by atoms with Gasteiger partial charge in [-0.25, -0.2) is 0 Å². The first-order valence-corrected chi connectivity index (χ1v) is 6.90. The van der Waals surface area contributed by atoms with Gasteiger partial charge in [-0.15, -0.1) is 0 Å². The molecule has 2 heterocycles. The SMILES string of the molecule is Cc1cc2cc(C(=O)NCCc3cccnc3)ccc2o1. The zero-order chi connectivity index (χ0) is 14.7. The summed E-state index contributed by atoms with van der Waals surface area (Å²) in [6.07, 6.45) is 4.32. The van der Waals surface area contributed by atoms with Crippen LogP contribution in [-0.2, 0) is 6.42 Å². The summed E-state index contributed by atoms with van der Waals surface area (Å²) in [5, 5.41) is 3.87. The van der Waals surface area contributed by atoms with Crippen molar-refractivity contribution < 1.29 is 9.21 Å². The summed E-state index contributed by atoms with van der Waals surface area (Å²) >= 11 is 0. The normalized spacial score (nSPS) is 10.7. The molecule has 0 saturated carbocycles. The van der Waals surface area contributed by atoms with Gasteiger partial charge in [-0.05, 0) is 49.2 Å². The number of hydrogen-bond donors (Lipinski definition) is 1. The van der Waals surface area contributed by atoms with Crippen LogP contribution in [-0.4, -0.2) is 17.4 Å². The summed E-state index contributed by atoms with van der Waals surface area (Å²) in [6.45, 7) is 2.49. The van der Waals surface area contributed by atoms with Crippen LogP contribution >= 0.6 is 0 Å². The highest BCUT2D eigenvalue weighted by Gasteiger charge is 2.08. The van der Waals surface area contributed by atoms with Gasteiger partial charge in [-0.2, -0.15) is 0 Å². The lowest BCUT2D eigenvalue weighted by Gasteiger charge is -2.05. The third kappa shape index (κ3) is 3.11. The van der Waals surface area contributed by atoms with E-state index in [1.807, 2.05) is 43.5 Å². The second-order valence-electron chi connectivity index (χ2n) is 4.98. The number of rotatable bonds is 4. The molecule has 0 spiro atoms. The fourth-order valence-electron chi connectivity index (χ4n) is 2.29. The Hall–Kier alpha value is -2.62. The van der Waals surface area contributed by atoms with E-state index in [4.69, 9.17) is 4.42 Å².